The van der Waals surface area contributed by atoms with Gasteiger partial charge in [-0.2, -0.15) is 0 Å². The Morgan fingerprint density at radius 3 is 2.42 bits per heavy atom. The van der Waals surface area contributed by atoms with Crippen LogP contribution in [0.15, 0.2) is 42.5 Å². The third-order valence-corrected chi connectivity index (χ3v) is 3.82. The molecular weight excluding hydrogens is 340 g/mol. The minimum absolute atomic E-state index is 0.0651. The van der Waals surface area contributed by atoms with Crippen LogP contribution in [-0.4, -0.2) is 18.4 Å². The first-order valence-electron chi connectivity index (χ1n) is 8.18. The van der Waals surface area contributed by atoms with Gasteiger partial charge in [0.05, 0.1) is 12.5 Å². The van der Waals surface area contributed by atoms with Crippen LogP contribution in [0.2, 0.25) is 0 Å². The van der Waals surface area contributed by atoms with Crippen LogP contribution in [0.4, 0.5) is 14.5 Å². The van der Waals surface area contributed by atoms with Gasteiger partial charge in [-0.3, -0.25) is 9.59 Å². The van der Waals surface area contributed by atoms with E-state index in [4.69, 9.17) is 5.73 Å². The van der Waals surface area contributed by atoms with E-state index in [0.29, 0.717) is 18.7 Å². The molecule has 26 heavy (non-hydrogen) atoms. The Morgan fingerprint density at radius 2 is 1.81 bits per heavy atom. The van der Waals surface area contributed by atoms with Gasteiger partial charge >= 0.3 is 0 Å². The Hall–Kier alpha value is -2.96. The molecule has 0 radical (unpaired) electrons. The van der Waals surface area contributed by atoms with Crippen LogP contribution in [0.1, 0.15) is 30.5 Å². The third-order valence-electron chi connectivity index (χ3n) is 3.82. The molecule has 2 rings (SSSR count). The van der Waals surface area contributed by atoms with Crippen molar-refractivity contribution in [1.29, 1.82) is 0 Å². The molecule has 5 nitrogen and oxygen atoms in total. The number of nitrogens with two attached hydrogens (primary N) is 1. The molecule has 0 bridgehead atoms. The van der Waals surface area contributed by atoms with Gasteiger partial charge in [0.15, 0.2) is 0 Å². The van der Waals surface area contributed by atoms with Crippen molar-refractivity contribution in [3.05, 3.63) is 65.2 Å². The molecular formula is C19H21F2N3O2. The van der Waals surface area contributed by atoms with Crippen molar-refractivity contribution in [2.45, 2.75) is 25.8 Å². The number of nitrogens with one attached hydrogen (secondary N) is 2. The van der Waals surface area contributed by atoms with Crippen molar-refractivity contribution in [3.63, 3.8) is 0 Å². The van der Waals surface area contributed by atoms with Gasteiger partial charge in [-0.25, -0.2) is 8.78 Å². The van der Waals surface area contributed by atoms with E-state index in [2.05, 4.69) is 10.6 Å². The third kappa shape index (κ3) is 5.84. The minimum Gasteiger partial charge on any atom is -0.399 e. The van der Waals surface area contributed by atoms with E-state index in [1.54, 1.807) is 12.1 Å². The van der Waals surface area contributed by atoms with Crippen LogP contribution < -0.4 is 16.4 Å². The predicted molar refractivity (Wildman–Crippen MR) is 95.1 cm³/mol. The highest BCUT2D eigenvalue weighted by molar-refractivity contribution is 5.79. The number of carbonyl (C=O) groups excluding carboxylic acids is 2. The van der Waals surface area contributed by atoms with Crippen LogP contribution in [0.5, 0.6) is 0 Å². The first-order chi connectivity index (χ1) is 12.3. The lowest BCUT2D eigenvalue weighted by Crippen LogP contribution is -2.33. The average Bonchev–Trinajstić information content (AvgIpc) is 2.55. The van der Waals surface area contributed by atoms with Crippen molar-refractivity contribution >= 4 is 17.5 Å². The largest absolute Gasteiger partial charge is 0.399 e. The number of rotatable bonds is 7. The summed E-state index contributed by atoms with van der Waals surface area (Å²) >= 11 is 0. The molecule has 7 heteroatoms. The number of anilines is 1. The first kappa shape index (κ1) is 19.4. The van der Waals surface area contributed by atoms with Gasteiger partial charge < -0.3 is 16.4 Å². The lowest BCUT2D eigenvalue weighted by atomic mass is 10.0. The molecule has 138 valence electrons. The summed E-state index contributed by atoms with van der Waals surface area (Å²) in [6.45, 7) is 1.66. The van der Waals surface area contributed by atoms with Crippen LogP contribution >= 0.6 is 0 Å². The second-order valence-electron chi connectivity index (χ2n) is 5.96. The Labute approximate surface area is 150 Å². The molecule has 0 spiro atoms. The number of halogens is 2. The molecule has 1 atom stereocenters. The average molecular weight is 361 g/mol. The fourth-order valence-corrected chi connectivity index (χ4v) is 2.56. The van der Waals surface area contributed by atoms with E-state index in [-0.39, 0.29) is 17.9 Å². The quantitative estimate of drug-likeness (QED) is 0.663. The summed E-state index contributed by atoms with van der Waals surface area (Å²) in [6.07, 6.45) is 0.464. The van der Waals surface area contributed by atoms with Gasteiger partial charge in [-0.15, -0.1) is 0 Å². The minimum atomic E-state index is -0.871. The summed E-state index contributed by atoms with van der Waals surface area (Å²) < 4.78 is 27.0. The summed E-state index contributed by atoms with van der Waals surface area (Å²) in [5, 5.41) is 5.26. The highest BCUT2D eigenvalue weighted by Gasteiger charge is 2.20. The summed E-state index contributed by atoms with van der Waals surface area (Å²) in [4.78, 5) is 23.5. The standard InChI is InChI=1S/C19H21F2N3O2/c1-12(25)24-18(16-7-4-14(20)10-17(16)21)11-19(26)23-9-8-13-2-5-15(22)6-3-13/h2-7,10,18H,8-9,11,22H2,1H3,(H,23,26)(H,24,25). The summed E-state index contributed by atoms with van der Waals surface area (Å²) in [5.41, 5.74) is 7.36. The number of benzene rings is 2. The summed E-state index contributed by atoms with van der Waals surface area (Å²) in [6, 6.07) is 9.47. The van der Waals surface area contributed by atoms with E-state index >= 15 is 0 Å². The topological polar surface area (TPSA) is 84.2 Å². The van der Waals surface area contributed by atoms with Crippen LogP contribution in [0.3, 0.4) is 0 Å². The molecule has 1 unspecified atom stereocenters. The van der Waals surface area contributed by atoms with Crippen LogP contribution in [0.25, 0.3) is 0 Å². The summed E-state index contributed by atoms with van der Waals surface area (Å²) in [5.74, 6) is -2.28. The van der Waals surface area contributed by atoms with Crippen molar-refractivity contribution < 1.29 is 18.4 Å². The Bertz CT molecular complexity index is 779. The maximum absolute atomic E-state index is 14.0. The molecule has 2 aromatic rings. The maximum atomic E-state index is 14.0. The lowest BCUT2D eigenvalue weighted by molar-refractivity contribution is -0.122. The fraction of sp³-hybridized carbons (Fsp3) is 0.263. The molecule has 2 amide bonds. The molecule has 0 aliphatic heterocycles. The van der Waals surface area contributed by atoms with E-state index in [9.17, 15) is 18.4 Å². The second kappa shape index (κ2) is 8.94. The van der Waals surface area contributed by atoms with Crippen molar-refractivity contribution in [3.8, 4) is 0 Å². The smallest absolute Gasteiger partial charge is 0.222 e. The second-order valence-corrected chi connectivity index (χ2v) is 5.96. The van der Waals surface area contributed by atoms with Crippen LogP contribution in [0, 0.1) is 11.6 Å². The highest BCUT2D eigenvalue weighted by Crippen LogP contribution is 2.21. The van der Waals surface area contributed by atoms with Crippen molar-refractivity contribution in [2.75, 3.05) is 12.3 Å². The first-order valence-corrected chi connectivity index (χ1v) is 8.18. The number of hydrogen-bond acceptors (Lipinski definition) is 3. The zero-order valence-electron chi connectivity index (χ0n) is 14.4. The Morgan fingerprint density at radius 1 is 1.12 bits per heavy atom. The SMILES string of the molecule is CC(=O)NC(CC(=O)NCCc1ccc(N)cc1)c1ccc(F)cc1F. The Kier molecular flexibility index (Phi) is 6.66. The van der Waals surface area contributed by atoms with E-state index in [1.807, 2.05) is 12.1 Å². The number of hydrogen-bond donors (Lipinski definition) is 3. The molecule has 0 aromatic heterocycles. The Balaban J connectivity index is 1.95. The zero-order chi connectivity index (χ0) is 19.1. The van der Waals surface area contributed by atoms with Gasteiger partial charge in [0.2, 0.25) is 11.8 Å². The molecule has 0 fully saturated rings. The number of carbonyl (C=O) groups is 2. The van der Waals surface area contributed by atoms with Gasteiger partial charge in [0.1, 0.15) is 11.6 Å². The van der Waals surface area contributed by atoms with Crippen molar-refractivity contribution in [2.24, 2.45) is 0 Å². The van der Waals surface area contributed by atoms with E-state index in [1.165, 1.54) is 13.0 Å². The molecule has 0 saturated heterocycles. The van der Waals surface area contributed by atoms with E-state index < -0.39 is 23.6 Å². The number of amides is 2. The van der Waals surface area contributed by atoms with Crippen LogP contribution in [-0.2, 0) is 16.0 Å². The predicted octanol–water partition coefficient (Wildman–Crippen LogP) is 2.47. The fourth-order valence-electron chi connectivity index (χ4n) is 2.56. The molecule has 0 heterocycles. The highest BCUT2D eigenvalue weighted by atomic mass is 19.1. The van der Waals surface area contributed by atoms with E-state index in [0.717, 1.165) is 17.7 Å². The van der Waals surface area contributed by atoms with Gasteiger partial charge in [0.25, 0.3) is 0 Å². The normalized spacial score (nSPS) is 11.7. The van der Waals surface area contributed by atoms with Gasteiger partial charge in [0, 0.05) is 30.8 Å². The zero-order valence-corrected chi connectivity index (χ0v) is 14.4. The molecule has 0 aliphatic rings. The monoisotopic (exact) mass is 361 g/mol. The molecule has 0 saturated carbocycles. The lowest BCUT2D eigenvalue weighted by Gasteiger charge is -2.19. The summed E-state index contributed by atoms with van der Waals surface area (Å²) in [7, 11) is 0. The molecule has 0 aliphatic carbocycles. The molecule has 4 N–H and O–H groups in total. The maximum Gasteiger partial charge on any atom is 0.222 e. The van der Waals surface area contributed by atoms with Gasteiger partial charge in [-0.05, 0) is 30.2 Å². The molecule has 2 aromatic carbocycles. The van der Waals surface area contributed by atoms with Gasteiger partial charge in [-0.1, -0.05) is 18.2 Å². The van der Waals surface area contributed by atoms with Crippen molar-refractivity contribution in [1.82, 2.24) is 10.6 Å². The number of nitrogen functional groups attached to an aromatic ring is 1.